The molecule has 3 N–H and O–H groups in total. The van der Waals surface area contributed by atoms with Gasteiger partial charge >= 0.3 is 13.8 Å². The summed E-state index contributed by atoms with van der Waals surface area (Å²) in [7, 11) is -4.52. The molecule has 10 heteroatoms. The van der Waals surface area contributed by atoms with Gasteiger partial charge in [0.1, 0.15) is 12.2 Å². The quantitative estimate of drug-likeness (QED) is 0.0237. The standard InChI is InChI=1S/C48H89O9P/c1-3-5-7-9-11-13-15-17-19-21-22-23-24-25-26-28-30-32-34-36-38-40-48(51)57-47(45-56-58(52,53)55-43-46(50)42-49)44-54-41-39-37-35-33-31-29-27-20-18-16-14-12-10-8-6-4-2/h6,8,12,14,18,20-22,46-47,49-50H,3-5,7,9-11,13,15-17,19,23-45H2,1-2H3,(H,52,53)/b8-6-,14-12-,20-18-,22-21-. The third-order valence-electron chi connectivity index (χ3n) is 10.00. The topological polar surface area (TPSA) is 132 Å². The summed E-state index contributed by atoms with van der Waals surface area (Å²) in [5.74, 6) is -0.389. The second-order valence-electron chi connectivity index (χ2n) is 15.7. The highest BCUT2D eigenvalue weighted by Gasteiger charge is 2.26. The van der Waals surface area contributed by atoms with E-state index in [1.807, 2.05) is 0 Å². The number of aliphatic hydroxyl groups is 2. The van der Waals surface area contributed by atoms with E-state index in [1.54, 1.807) is 0 Å². The molecule has 0 aliphatic rings. The highest BCUT2D eigenvalue weighted by Crippen LogP contribution is 2.43. The van der Waals surface area contributed by atoms with Crippen molar-refractivity contribution >= 4 is 13.8 Å². The Bertz CT molecular complexity index is 1040. The van der Waals surface area contributed by atoms with Crippen LogP contribution in [0.3, 0.4) is 0 Å². The number of aliphatic hydroxyl groups excluding tert-OH is 2. The van der Waals surface area contributed by atoms with Crippen molar-refractivity contribution in [2.45, 2.75) is 219 Å². The Morgan fingerprint density at radius 2 is 0.983 bits per heavy atom. The van der Waals surface area contributed by atoms with E-state index in [0.29, 0.717) is 6.61 Å². The van der Waals surface area contributed by atoms with Gasteiger partial charge in [0.25, 0.3) is 0 Å². The van der Waals surface area contributed by atoms with Crippen LogP contribution in [0.5, 0.6) is 0 Å². The lowest BCUT2D eigenvalue weighted by atomic mass is 10.1. The zero-order valence-corrected chi connectivity index (χ0v) is 38.2. The summed E-state index contributed by atoms with van der Waals surface area (Å²) in [4.78, 5) is 22.6. The number of phosphoric acid groups is 1. The molecular weight excluding hydrogens is 751 g/mol. The summed E-state index contributed by atoms with van der Waals surface area (Å²) in [6, 6.07) is 0. The highest BCUT2D eigenvalue weighted by molar-refractivity contribution is 7.47. The molecule has 0 saturated heterocycles. The van der Waals surface area contributed by atoms with Crippen LogP contribution in [0.25, 0.3) is 0 Å². The lowest BCUT2D eigenvalue weighted by Crippen LogP contribution is -2.29. The monoisotopic (exact) mass is 841 g/mol. The van der Waals surface area contributed by atoms with Crippen molar-refractivity contribution in [2.24, 2.45) is 0 Å². The first-order chi connectivity index (χ1) is 28.3. The minimum absolute atomic E-state index is 0.0393. The summed E-state index contributed by atoms with van der Waals surface area (Å²) >= 11 is 0. The molecule has 0 heterocycles. The van der Waals surface area contributed by atoms with Gasteiger partial charge < -0.3 is 24.6 Å². The van der Waals surface area contributed by atoms with E-state index in [0.717, 1.165) is 64.2 Å². The SMILES string of the molecule is CC/C=C\C/C=C\C/C=C\CCCCCCCCOCC(COP(=O)(O)OCC(O)CO)OC(=O)CCCCCCCCCCC/C=C\CCCCCCCCCC. The lowest BCUT2D eigenvalue weighted by Gasteiger charge is -2.20. The summed E-state index contributed by atoms with van der Waals surface area (Å²) < 4.78 is 33.4. The van der Waals surface area contributed by atoms with Gasteiger partial charge in [0, 0.05) is 13.0 Å². The minimum Gasteiger partial charge on any atom is -0.457 e. The summed E-state index contributed by atoms with van der Waals surface area (Å²) in [6.07, 6.45) is 50.7. The predicted octanol–water partition coefficient (Wildman–Crippen LogP) is 13.4. The number of phosphoric ester groups is 1. The average Bonchev–Trinajstić information content (AvgIpc) is 3.21. The molecule has 0 aliphatic heterocycles. The molecule has 0 aromatic carbocycles. The van der Waals surface area contributed by atoms with E-state index in [1.165, 1.54) is 122 Å². The van der Waals surface area contributed by atoms with Crippen LogP contribution >= 0.6 is 7.82 Å². The second kappa shape index (κ2) is 45.0. The number of rotatable bonds is 45. The van der Waals surface area contributed by atoms with Crippen molar-refractivity contribution in [3.63, 3.8) is 0 Å². The smallest absolute Gasteiger partial charge is 0.457 e. The molecule has 0 saturated carbocycles. The van der Waals surface area contributed by atoms with E-state index < -0.39 is 33.2 Å². The fourth-order valence-electron chi connectivity index (χ4n) is 6.42. The second-order valence-corrected chi connectivity index (χ2v) is 17.2. The van der Waals surface area contributed by atoms with Crippen LogP contribution in [-0.2, 0) is 27.9 Å². The first-order valence-electron chi connectivity index (χ1n) is 23.6. The molecule has 58 heavy (non-hydrogen) atoms. The van der Waals surface area contributed by atoms with E-state index >= 15 is 0 Å². The van der Waals surface area contributed by atoms with Crippen LogP contribution in [0.2, 0.25) is 0 Å². The number of ether oxygens (including phenoxy) is 2. The Morgan fingerprint density at radius 1 is 0.552 bits per heavy atom. The number of allylic oxidation sites excluding steroid dienone is 8. The minimum atomic E-state index is -4.52. The number of unbranched alkanes of at least 4 members (excludes halogenated alkanes) is 23. The fraction of sp³-hybridized carbons (Fsp3) is 0.812. The van der Waals surface area contributed by atoms with Gasteiger partial charge in [0.05, 0.1) is 26.4 Å². The number of hydrogen-bond donors (Lipinski definition) is 3. The normalized spacial score (nSPS) is 14.4. The number of carbonyl (C=O) groups is 1. The van der Waals surface area contributed by atoms with Crippen LogP contribution < -0.4 is 0 Å². The predicted molar refractivity (Wildman–Crippen MR) is 242 cm³/mol. The van der Waals surface area contributed by atoms with Gasteiger partial charge in [-0.15, -0.1) is 0 Å². The molecule has 0 aliphatic carbocycles. The zero-order chi connectivity index (χ0) is 42.5. The van der Waals surface area contributed by atoms with Gasteiger partial charge in [-0.1, -0.05) is 178 Å². The molecule has 0 radical (unpaired) electrons. The Hall–Kier alpha value is -1.58. The van der Waals surface area contributed by atoms with Gasteiger partial charge in [0.15, 0.2) is 0 Å². The van der Waals surface area contributed by atoms with E-state index in [2.05, 4.69) is 62.5 Å². The van der Waals surface area contributed by atoms with Crippen molar-refractivity contribution < 1.29 is 43.0 Å². The van der Waals surface area contributed by atoms with Gasteiger partial charge in [-0.3, -0.25) is 13.8 Å². The Labute approximate surface area is 356 Å². The molecular formula is C48H89O9P. The third kappa shape index (κ3) is 44.0. The van der Waals surface area contributed by atoms with Crippen LogP contribution in [0.4, 0.5) is 0 Å². The Kier molecular flexibility index (Phi) is 43.7. The largest absolute Gasteiger partial charge is 0.472 e. The molecule has 0 rings (SSSR count). The summed E-state index contributed by atoms with van der Waals surface area (Å²) in [5, 5.41) is 18.4. The lowest BCUT2D eigenvalue weighted by molar-refractivity contribution is -0.154. The molecule has 0 fully saturated rings. The van der Waals surface area contributed by atoms with Gasteiger partial charge in [0.2, 0.25) is 0 Å². The number of esters is 1. The van der Waals surface area contributed by atoms with Crippen molar-refractivity contribution in [3.8, 4) is 0 Å². The van der Waals surface area contributed by atoms with Gasteiger partial charge in [-0.05, 0) is 70.6 Å². The van der Waals surface area contributed by atoms with Crippen LogP contribution in [0, 0.1) is 0 Å². The molecule has 0 aromatic rings. The van der Waals surface area contributed by atoms with Crippen molar-refractivity contribution in [3.05, 3.63) is 48.6 Å². The van der Waals surface area contributed by atoms with Crippen LogP contribution in [0.15, 0.2) is 48.6 Å². The number of hydrogen-bond acceptors (Lipinski definition) is 8. The molecule has 0 aromatic heterocycles. The van der Waals surface area contributed by atoms with Crippen molar-refractivity contribution in [1.29, 1.82) is 0 Å². The maximum atomic E-state index is 12.7. The Morgan fingerprint density at radius 3 is 1.50 bits per heavy atom. The molecule has 340 valence electrons. The van der Waals surface area contributed by atoms with Crippen LogP contribution in [-0.4, -0.2) is 66.3 Å². The maximum absolute atomic E-state index is 12.7. The summed E-state index contributed by atoms with van der Waals surface area (Å²) in [6.45, 7) is 3.39. The highest BCUT2D eigenvalue weighted by atomic mass is 31.2. The summed E-state index contributed by atoms with van der Waals surface area (Å²) in [5.41, 5.74) is 0. The molecule has 0 bridgehead atoms. The van der Waals surface area contributed by atoms with Crippen molar-refractivity contribution in [2.75, 3.05) is 33.0 Å². The first-order valence-corrected chi connectivity index (χ1v) is 25.1. The van der Waals surface area contributed by atoms with Crippen molar-refractivity contribution in [1.82, 2.24) is 0 Å². The number of carbonyl (C=O) groups excluding carboxylic acids is 1. The third-order valence-corrected chi connectivity index (χ3v) is 10.9. The molecule has 3 atom stereocenters. The van der Waals surface area contributed by atoms with Gasteiger partial charge in [-0.2, -0.15) is 0 Å². The molecule has 3 unspecified atom stereocenters. The van der Waals surface area contributed by atoms with Crippen LogP contribution in [0.1, 0.15) is 206 Å². The Balaban J connectivity index is 4.12. The first kappa shape index (κ1) is 56.4. The van der Waals surface area contributed by atoms with E-state index in [9.17, 15) is 19.4 Å². The van der Waals surface area contributed by atoms with Gasteiger partial charge in [-0.25, -0.2) is 4.57 Å². The van der Waals surface area contributed by atoms with E-state index in [4.69, 9.17) is 23.6 Å². The fourth-order valence-corrected chi connectivity index (χ4v) is 7.21. The van der Waals surface area contributed by atoms with E-state index in [-0.39, 0.29) is 25.6 Å². The molecule has 0 spiro atoms. The molecule has 9 nitrogen and oxygen atoms in total. The molecule has 0 amide bonds. The maximum Gasteiger partial charge on any atom is 0.472 e. The average molecular weight is 841 g/mol. The zero-order valence-electron chi connectivity index (χ0n) is 37.3.